The molecule has 3 rings (SSSR count). The van der Waals surface area contributed by atoms with Crippen LogP contribution in [0.1, 0.15) is 24.6 Å². The van der Waals surface area contributed by atoms with E-state index < -0.39 is 0 Å². The van der Waals surface area contributed by atoms with Crippen LogP contribution in [-0.4, -0.2) is 9.97 Å². The van der Waals surface area contributed by atoms with Gasteiger partial charge in [0.1, 0.15) is 5.82 Å². The standard InChI is InChI=1S/C9H7ClN2S/c10-8-7-6(3-4-13-7)11-9(12-8)5-1-2-5/h3-5H,1-2H2. The summed E-state index contributed by atoms with van der Waals surface area (Å²) in [6, 6.07) is 2.00. The Morgan fingerprint density at radius 3 is 3.00 bits per heavy atom. The van der Waals surface area contributed by atoms with E-state index in [0.29, 0.717) is 11.1 Å². The summed E-state index contributed by atoms with van der Waals surface area (Å²) in [5.41, 5.74) is 0.993. The molecule has 1 aliphatic rings. The SMILES string of the molecule is Clc1nc(C2CC2)nc2ccsc12. The molecule has 0 spiro atoms. The van der Waals surface area contributed by atoms with Gasteiger partial charge in [0, 0.05) is 5.92 Å². The highest BCUT2D eigenvalue weighted by Crippen LogP contribution is 2.39. The molecule has 66 valence electrons. The molecule has 0 saturated heterocycles. The Morgan fingerprint density at radius 2 is 2.23 bits per heavy atom. The monoisotopic (exact) mass is 210 g/mol. The maximum Gasteiger partial charge on any atom is 0.150 e. The molecular weight excluding hydrogens is 204 g/mol. The number of rotatable bonds is 1. The second-order valence-corrected chi connectivity index (χ2v) is 4.56. The minimum absolute atomic E-state index is 0.571. The van der Waals surface area contributed by atoms with Crippen molar-refractivity contribution in [2.75, 3.05) is 0 Å². The van der Waals surface area contributed by atoms with Gasteiger partial charge in [-0.1, -0.05) is 11.6 Å². The Kier molecular flexibility index (Phi) is 1.58. The Morgan fingerprint density at radius 1 is 1.38 bits per heavy atom. The Balaban J connectivity index is 2.27. The molecular formula is C9H7ClN2S. The molecule has 0 bridgehead atoms. The highest BCUT2D eigenvalue weighted by Gasteiger charge is 2.27. The number of halogens is 1. The van der Waals surface area contributed by atoms with Gasteiger partial charge in [0.2, 0.25) is 0 Å². The highest BCUT2D eigenvalue weighted by atomic mass is 35.5. The lowest BCUT2D eigenvalue weighted by atomic mass is 10.4. The average molecular weight is 211 g/mol. The largest absolute Gasteiger partial charge is 0.232 e. The summed E-state index contributed by atoms with van der Waals surface area (Å²) in [6.45, 7) is 0. The van der Waals surface area contributed by atoms with Crippen LogP contribution in [0.15, 0.2) is 11.4 Å². The van der Waals surface area contributed by atoms with Crippen LogP contribution in [0.4, 0.5) is 0 Å². The molecule has 0 atom stereocenters. The van der Waals surface area contributed by atoms with E-state index in [4.69, 9.17) is 11.6 Å². The zero-order chi connectivity index (χ0) is 8.84. The third-order valence-electron chi connectivity index (χ3n) is 2.22. The van der Waals surface area contributed by atoms with Gasteiger partial charge in [-0.25, -0.2) is 9.97 Å². The smallest absolute Gasteiger partial charge is 0.150 e. The predicted molar refractivity (Wildman–Crippen MR) is 54.4 cm³/mol. The number of thiophene rings is 1. The first-order chi connectivity index (χ1) is 6.34. The number of nitrogens with zero attached hydrogens (tertiary/aromatic N) is 2. The van der Waals surface area contributed by atoms with Gasteiger partial charge < -0.3 is 0 Å². The molecule has 0 amide bonds. The van der Waals surface area contributed by atoms with Crippen molar-refractivity contribution >= 4 is 33.2 Å². The summed E-state index contributed by atoms with van der Waals surface area (Å²) in [5, 5.41) is 2.61. The second kappa shape index (κ2) is 2.66. The summed E-state index contributed by atoms with van der Waals surface area (Å²) in [5.74, 6) is 1.50. The second-order valence-electron chi connectivity index (χ2n) is 3.28. The average Bonchev–Trinajstić information content (AvgIpc) is 2.85. The van der Waals surface area contributed by atoms with E-state index in [2.05, 4.69) is 9.97 Å². The molecule has 0 N–H and O–H groups in total. The van der Waals surface area contributed by atoms with E-state index in [1.807, 2.05) is 11.4 Å². The minimum Gasteiger partial charge on any atom is -0.232 e. The van der Waals surface area contributed by atoms with Crippen molar-refractivity contribution in [2.45, 2.75) is 18.8 Å². The van der Waals surface area contributed by atoms with Gasteiger partial charge >= 0.3 is 0 Å². The van der Waals surface area contributed by atoms with Crippen molar-refractivity contribution < 1.29 is 0 Å². The van der Waals surface area contributed by atoms with Crippen molar-refractivity contribution in [3.05, 3.63) is 22.4 Å². The van der Waals surface area contributed by atoms with E-state index in [1.165, 1.54) is 12.8 Å². The maximum atomic E-state index is 6.03. The molecule has 1 saturated carbocycles. The van der Waals surface area contributed by atoms with Gasteiger partial charge in [-0.3, -0.25) is 0 Å². The van der Waals surface area contributed by atoms with Gasteiger partial charge in [0.25, 0.3) is 0 Å². The zero-order valence-corrected chi connectivity index (χ0v) is 8.40. The topological polar surface area (TPSA) is 25.8 Å². The fourth-order valence-electron chi connectivity index (χ4n) is 1.37. The third-order valence-corrected chi connectivity index (χ3v) is 3.52. The van der Waals surface area contributed by atoms with Crippen LogP contribution in [0.2, 0.25) is 5.15 Å². The summed E-state index contributed by atoms with van der Waals surface area (Å²) >= 11 is 7.63. The van der Waals surface area contributed by atoms with Crippen LogP contribution in [0.25, 0.3) is 10.2 Å². The Labute approximate surface area is 84.6 Å². The molecule has 2 aromatic rings. The molecule has 2 nitrogen and oxygen atoms in total. The summed E-state index contributed by atoms with van der Waals surface area (Å²) in [6.07, 6.45) is 2.43. The van der Waals surface area contributed by atoms with Crippen LogP contribution in [0, 0.1) is 0 Å². The first kappa shape index (κ1) is 7.71. The molecule has 0 aromatic carbocycles. The van der Waals surface area contributed by atoms with Crippen molar-refractivity contribution in [1.29, 1.82) is 0 Å². The first-order valence-corrected chi connectivity index (χ1v) is 5.51. The molecule has 0 unspecified atom stereocenters. The summed E-state index contributed by atoms with van der Waals surface area (Å²) in [7, 11) is 0. The lowest BCUT2D eigenvalue weighted by molar-refractivity contribution is 0.950. The van der Waals surface area contributed by atoms with Gasteiger partial charge in [-0.15, -0.1) is 11.3 Å². The fraction of sp³-hybridized carbons (Fsp3) is 0.333. The molecule has 0 aliphatic heterocycles. The summed E-state index contributed by atoms with van der Waals surface area (Å²) in [4.78, 5) is 8.77. The van der Waals surface area contributed by atoms with Crippen LogP contribution in [0.3, 0.4) is 0 Å². The number of aromatic nitrogens is 2. The first-order valence-electron chi connectivity index (χ1n) is 4.25. The molecule has 1 fully saturated rings. The fourth-order valence-corrected chi connectivity index (χ4v) is 2.40. The molecule has 2 aromatic heterocycles. The van der Waals surface area contributed by atoms with Crippen LogP contribution < -0.4 is 0 Å². The zero-order valence-electron chi connectivity index (χ0n) is 6.83. The van der Waals surface area contributed by atoms with E-state index in [9.17, 15) is 0 Å². The van der Waals surface area contributed by atoms with E-state index >= 15 is 0 Å². The van der Waals surface area contributed by atoms with Crippen molar-refractivity contribution in [3.8, 4) is 0 Å². The van der Waals surface area contributed by atoms with Crippen molar-refractivity contribution in [3.63, 3.8) is 0 Å². The molecule has 13 heavy (non-hydrogen) atoms. The molecule has 2 heterocycles. The Hall–Kier alpha value is -0.670. The predicted octanol–water partition coefficient (Wildman–Crippen LogP) is 3.22. The number of hydrogen-bond donors (Lipinski definition) is 0. The lowest BCUT2D eigenvalue weighted by Gasteiger charge is -1.97. The quantitative estimate of drug-likeness (QED) is 0.676. The minimum atomic E-state index is 0.571. The van der Waals surface area contributed by atoms with Gasteiger partial charge in [-0.05, 0) is 24.3 Å². The lowest BCUT2D eigenvalue weighted by Crippen LogP contribution is -1.91. The van der Waals surface area contributed by atoms with Crippen LogP contribution >= 0.6 is 22.9 Å². The van der Waals surface area contributed by atoms with E-state index in [0.717, 1.165) is 16.0 Å². The van der Waals surface area contributed by atoms with Gasteiger partial charge in [-0.2, -0.15) is 0 Å². The van der Waals surface area contributed by atoms with Gasteiger partial charge in [0.15, 0.2) is 5.15 Å². The molecule has 4 heteroatoms. The molecule has 1 aliphatic carbocycles. The third kappa shape index (κ3) is 1.23. The Bertz CT molecular complexity index is 462. The van der Waals surface area contributed by atoms with Crippen LogP contribution in [0.5, 0.6) is 0 Å². The van der Waals surface area contributed by atoms with Gasteiger partial charge in [0.05, 0.1) is 10.2 Å². The molecule has 0 radical (unpaired) electrons. The number of hydrogen-bond acceptors (Lipinski definition) is 3. The summed E-state index contributed by atoms with van der Waals surface area (Å²) < 4.78 is 1.01. The van der Waals surface area contributed by atoms with Crippen molar-refractivity contribution in [1.82, 2.24) is 9.97 Å². The van der Waals surface area contributed by atoms with E-state index in [-0.39, 0.29) is 0 Å². The highest BCUT2D eigenvalue weighted by molar-refractivity contribution is 7.17. The normalized spacial score (nSPS) is 16.7. The van der Waals surface area contributed by atoms with E-state index in [1.54, 1.807) is 11.3 Å². The van der Waals surface area contributed by atoms with Crippen LogP contribution in [-0.2, 0) is 0 Å². The van der Waals surface area contributed by atoms with Crippen molar-refractivity contribution in [2.24, 2.45) is 0 Å². The number of fused-ring (bicyclic) bond motifs is 1. The maximum absolute atomic E-state index is 6.03.